The fourth-order valence-electron chi connectivity index (χ4n) is 2.08. The number of carbonyl (C=O) groups is 1. The van der Waals surface area contributed by atoms with Gasteiger partial charge in [-0.2, -0.15) is 0 Å². The van der Waals surface area contributed by atoms with Gasteiger partial charge in [0.15, 0.2) is 0 Å². The lowest BCUT2D eigenvalue weighted by atomic mass is 10.1. The van der Waals surface area contributed by atoms with Gasteiger partial charge in [-0.1, -0.05) is 27.7 Å². The van der Waals surface area contributed by atoms with Crippen LogP contribution in [0, 0.1) is 0 Å². The van der Waals surface area contributed by atoms with Crippen molar-refractivity contribution < 1.29 is 9.53 Å². The van der Waals surface area contributed by atoms with Crippen LogP contribution in [0.1, 0.15) is 48.0 Å². The third-order valence-corrected chi connectivity index (χ3v) is 2.64. The molecule has 2 saturated heterocycles. The van der Waals surface area contributed by atoms with E-state index in [1.165, 1.54) is 0 Å². The van der Waals surface area contributed by atoms with Crippen LogP contribution in [0.2, 0.25) is 0 Å². The molecule has 2 aliphatic heterocycles. The number of hydrogen-bond donors (Lipinski definition) is 0. The van der Waals surface area contributed by atoms with Crippen molar-refractivity contribution in [2.24, 2.45) is 0 Å². The van der Waals surface area contributed by atoms with Crippen molar-refractivity contribution in [2.75, 3.05) is 13.2 Å². The fraction of sp³-hybridized carbons (Fsp3) is 0.917. The normalized spacial score (nSPS) is 31.3. The van der Waals surface area contributed by atoms with Gasteiger partial charge in [-0.25, -0.2) is 0 Å². The number of morpholine rings is 1. The summed E-state index contributed by atoms with van der Waals surface area (Å²) in [5.74, 6) is 0.182. The maximum atomic E-state index is 11.0. The minimum Gasteiger partial charge on any atom is -0.371 e. The molecular formula is C12H25NO2. The SMILES string of the molecule is CC.CC.CC(=O)N1CC2(C)C[C@@H]1CO2. The van der Waals surface area contributed by atoms with E-state index in [2.05, 4.69) is 6.92 Å². The Bertz CT molecular complexity index is 206. The number of carbonyl (C=O) groups excluding carboxylic acids is 1. The summed E-state index contributed by atoms with van der Waals surface area (Å²) < 4.78 is 5.53. The highest BCUT2D eigenvalue weighted by Gasteiger charge is 2.48. The Morgan fingerprint density at radius 1 is 1.33 bits per heavy atom. The maximum Gasteiger partial charge on any atom is 0.219 e. The molecule has 2 bridgehead atoms. The Morgan fingerprint density at radius 2 is 1.87 bits per heavy atom. The molecule has 90 valence electrons. The Hall–Kier alpha value is -0.570. The summed E-state index contributed by atoms with van der Waals surface area (Å²) in [4.78, 5) is 13.0. The van der Waals surface area contributed by atoms with Gasteiger partial charge in [0.25, 0.3) is 0 Å². The van der Waals surface area contributed by atoms with E-state index >= 15 is 0 Å². The first-order valence-corrected chi connectivity index (χ1v) is 6.02. The Kier molecular flexibility index (Phi) is 5.88. The predicted octanol–water partition coefficient (Wildman–Crippen LogP) is 2.45. The van der Waals surface area contributed by atoms with Crippen LogP contribution in [0.15, 0.2) is 0 Å². The summed E-state index contributed by atoms with van der Waals surface area (Å²) in [6.07, 6.45) is 1.02. The summed E-state index contributed by atoms with van der Waals surface area (Å²) in [6, 6.07) is 0.359. The maximum absolute atomic E-state index is 11.0. The molecule has 0 saturated carbocycles. The molecule has 3 nitrogen and oxygen atoms in total. The number of amides is 1. The second kappa shape index (κ2) is 6.11. The molecule has 0 radical (unpaired) electrons. The van der Waals surface area contributed by atoms with Gasteiger partial charge in [0.1, 0.15) is 0 Å². The zero-order chi connectivity index (χ0) is 12.1. The van der Waals surface area contributed by atoms with E-state index in [4.69, 9.17) is 4.74 Å². The van der Waals surface area contributed by atoms with Crippen LogP contribution < -0.4 is 0 Å². The highest BCUT2D eigenvalue weighted by Crippen LogP contribution is 2.36. The van der Waals surface area contributed by atoms with Crippen LogP contribution >= 0.6 is 0 Å². The van der Waals surface area contributed by atoms with Crippen LogP contribution in [0.5, 0.6) is 0 Å². The van der Waals surface area contributed by atoms with Gasteiger partial charge in [0, 0.05) is 19.9 Å². The molecule has 2 rings (SSSR count). The molecule has 3 heteroatoms. The second-order valence-corrected chi connectivity index (χ2v) is 3.77. The molecule has 2 aliphatic rings. The molecule has 0 spiro atoms. The van der Waals surface area contributed by atoms with Crippen LogP contribution in [-0.2, 0) is 9.53 Å². The minimum atomic E-state index is -0.0314. The predicted molar refractivity (Wildman–Crippen MR) is 62.8 cm³/mol. The quantitative estimate of drug-likeness (QED) is 0.621. The first kappa shape index (κ1) is 14.4. The topological polar surface area (TPSA) is 29.5 Å². The molecule has 1 unspecified atom stereocenters. The summed E-state index contributed by atoms with van der Waals surface area (Å²) in [7, 11) is 0. The highest BCUT2D eigenvalue weighted by atomic mass is 16.5. The van der Waals surface area contributed by atoms with E-state index in [0.717, 1.165) is 19.6 Å². The molecule has 0 aliphatic carbocycles. The summed E-state index contributed by atoms with van der Waals surface area (Å²) in [6.45, 7) is 13.2. The number of ether oxygens (including phenoxy) is 1. The molecular weight excluding hydrogens is 190 g/mol. The number of likely N-dealkylation sites (tertiary alicyclic amines) is 1. The third-order valence-electron chi connectivity index (χ3n) is 2.64. The zero-order valence-electron chi connectivity index (χ0n) is 11.0. The molecule has 0 aromatic heterocycles. The second-order valence-electron chi connectivity index (χ2n) is 3.77. The average molecular weight is 215 g/mol. The lowest BCUT2D eigenvalue weighted by Gasteiger charge is -2.29. The van der Waals surface area contributed by atoms with Gasteiger partial charge in [0.2, 0.25) is 5.91 Å². The highest BCUT2D eigenvalue weighted by molar-refractivity contribution is 5.74. The Balaban J connectivity index is 0.000000442. The summed E-state index contributed by atoms with van der Waals surface area (Å²) in [5, 5.41) is 0. The van der Waals surface area contributed by atoms with Gasteiger partial charge >= 0.3 is 0 Å². The third kappa shape index (κ3) is 3.20. The zero-order valence-corrected chi connectivity index (χ0v) is 11.0. The van der Waals surface area contributed by atoms with E-state index in [1.54, 1.807) is 6.92 Å². The van der Waals surface area contributed by atoms with Gasteiger partial charge in [-0.3, -0.25) is 4.79 Å². The van der Waals surface area contributed by atoms with Gasteiger partial charge in [0.05, 0.1) is 18.2 Å². The molecule has 2 atom stereocenters. The van der Waals surface area contributed by atoms with E-state index < -0.39 is 0 Å². The molecule has 0 aromatic rings. The van der Waals surface area contributed by atoms with Crippen molar-refractivity contribution in [3.8, 4) is 0 Å². The number of hydrogen-bond acceptors (Lipinski definition) is 2. The lowest BCUT2D eigenvalue weighted by molar-refractivity contribution is -0.135. The lowest BCUT2D eigenvalue weighted by Crippen LogP contribution is -2.43. The van der Waals surface area contributed by atoms with E-state index in [-0.39, 0.29) is 11.5 Å². The first-order valence-electron chi connectivity index (χ1n) is 6.02. The van der Waals surface area contributed by atoms with E-state index in [0.29, 0.717) is 6.04 Å². The van der Waals surface area contributed by atoms with Crippen molar-refractivity contribution >= 4 is 5.91 Å². The van der Waals surface area contributed by atoms with Gasteiger partial charge in [-0.05, 0) is 6.92 Å². The van der Waals surface area contributed by atoms with Crippen LogP contribution in [-0.4, -0.2) is 35.6 Å². The van der Waals surface area contributed by atoms with Gasteiger partial charge < -0.3 is 9.64 Å². The van der Waals surface area contributed by atoms with Crippen molar-refractivity contribution in [1.29, 1.82) is 0 Å². The van der Waals surface area contributed by atoms with Crippen molar-refractivity contribution in [3.63, 3.8) is 0 Å². The summed E-state index contributed by atoms with van der Waals surface area (Å²) in [5.41, 5.74) is -0.0314. The van der Waals surface area contributed by atoms with Crippen LogP contribution in [0.3, 0.4) is 0 Å². The van der Waals surface area contributed by atoms with Crippen LogP contribution in [0.4, 0.5) is 0 Å². The largest absolute Gasteiger partial charge is 0.371 e. The van der Waals surface area contributed by atoms with Gasteiger partial charge in [-0.15, -0.1) is 0 Å². The molecule has 15 heavy (non-hydrogen) atoms. The Morgan fingerprint density at radius 3 is 2.07 bits per heavy atom. The first-order chi connectivity index (χ1) is 7.11. The minimum absolute atomic E-state index is 0.0314. The summed E-state index contributed by atoms with van der Waals surface area (Å²) >= 11 is 0. The van der Waals surface area contributed by atoms with Crippen LogP contribution in [0.25, 0.3) is 0 Å². The van der Waals surface area contributed by atoms with Crippen molar-refractivity contribution in [2.45, 2.75) is 59.6 Å². The molecule has 1 amide bonds. The molecule has 2 fully saturated rings. The van der Waals surface area contributed by atoms with E-state index in [9.17, 15) is 4.79 Å². The Labute approximate surface area is 93.8 Å². The molecule has 2 heterocycles. The molecule has 0 aromatic carbocycles. The number of rotatable bonds is 0. The fourth-order valence-corrected chi connectivity index (χ4v) is 2.08. The average Bonchev–Trinajstić information content (AvgIpc) is 2.79. The standard InChI is InChI=1S/C8H13NO2.2C2H6/c1-6(10)9-5-8(2)3-7(9)4-11-8;2*1-2/h7H,3-5H2,1-2H3;2*1-2H3/t7-,8?;;/m1../s1. The smallest absolute Gasteiger partial charge is 0.219 e. The number of nitrogens with zero attached hydrogens (tertiary/aromatic N) is 1. The van der Waals surface area contributed by atoms with Crippen molar-refractivity contribution in [1.82, 2.24) is 4.90 Å². The van der Waals surface area contributed by atoms with E-state index in [1.807, 2.05) is 32.6 Å². The van der Waals surface area contributed by atoms with Crippen molar-refractivity contribution in [3.05, 3.63) is 0 Å². The molecule has 0 N–H and O–H groups in total. The monoisotopic (exact) mass is 215 g/mol. The number of fused-ring (bicyclic) bond motifs is 2.